The lowest BCUT2D eigenvalue weighted by Gasteiger charge is -2.06. The summed E-state index contributed by atoms with van der Waals surface area (Å²) in [6, 6.07) is 11.7. The molecule has 0 spiro atoms. The van der Waals surface area contributed by atoms with E-state index in [0.717, 1.165) is 5.56 Å². The highest BCUT2D eigenvalue weighted by molar-refractivity contribution is 7.99. The van der Waals surface area contributed by atoms with Crippen molar-refractivity contribution in [3.8, 4) is 17.4 Å². The van der Waals surface area contributed by atoms with E-state index < -0.39 is 0 Å². The average molecular weight is 323 g/mol. The molecule has 1 unspecified atom stereocenters. The van der Waals surface area contributed by atoms with E-state index in [1.54, 1.807) is 6.20 Å². The smallest absolute Gasteiger partial charge is 0.208 e. The van der Waals surface area contributed by atoms with Crippen LogP contribution in [-0.2, 0) is 0 Å². The molecule has 0 radical (unpaired) electrons. The molecule has 0 fully saturated rings. The van der Waals surface area contributed by atoms with Gasteiger partial charge in [0.15, 0.2) is 10.9 Å². The Balaban J connectivity index is 1.77. The fourth-order valence-corrected chi connectivity index (χ4v) is 2.73. The topological polar surface area (TPSA) is 102 Å². The molecule has 3 aromatic rings. The maximum absolute atomic E-state index is 8.84. The molecule has 0 bridgehead atoms. The summed E-state index contributed by atoms with van der Waals surface area (Å²) in [5.74, 6) is 1.48. The Morgan fingerprint density at radius 1 is 1.22 bits per heavy atom. The van der Waals surface area contributed by atoms with Crippen molar-refractivity contribution in [2.45, 2.75) is 17.3 Å². The van der Waals surface area contributed by atoms with E-state index in [1.807, 2.05) is 43.3 Å². The van der Waals surface area contributed by atoms with Crippen LogP contribution in [0.15, 0.2) is 52.3 Å². The Morgan fingerprint density at radius 3 is 2.70 bits per heavy atom. The molecule has 2 heterocycles. The zero-order chi connectivity index (χ0) is 16.2. The van der Waals surface area contributed by atoms with Crippen LogP contribution in [0.2, 0.25) is 0 Å². The number of benzene rings is 1. The molecule has 6 nitrogen and oxygen atoms in total. The lowest BCUT2D eigenvalue weighted by Crippen LogP contribution is -1.99. The number of nitrogen functional groups attached to an aromatic ring is 1. The highest BCUT2D eigenvalue weighted by Crippen LogP contribution is 2.34. The van der Waals surface area contributed by atoms with Crippen molar-refractivity contribution < 1.29 is 4.42 Å². The van der Waals surface area contributed by atoms with Crippen molar-refractivity contribution in [2.24, 2.45) is 0 Å². The summed E-state index contributed by atoms with van der Waals surface area (Å²) in [6.07, 6.45) is 3.12. The zero-order valence-corrected chi connectivity index (χ0v) is 13.1. The zero-order valence-electron chi connectivity index (χ0n) is 12.3. The minimum atomic E-state index is -0.0835. The maximum atomic E-state index is 8.84. The lowest BCUT2D eigenvalue weighted by atomic mass is 10.2. The second-order valence-corrected chi connectivity index (χ2v) is 6.06. The van der Waals surface area contributed by atoms with Crippen LogP contribution in [0.5, 0.6) is 0 Å². The Bertz CT molecular complexity index is 856. The fourth-order valence-electron chi connectivity index (χ4n) is 1.94. The van der Waals surface area contributed by atoms with E-state index in [1.165, 1.54) is 18.0 Å². The van der Waals surface area contributed by atoms with Crippen molar-refractivity contribution >= 4 is 17.6 Å². The van der Waals surface area contributed by atoms with Crippen LogP contribution in [-0.4, -0.2) is 15.0 Å². The Labute approximate surface area is 137 Å². The fraction of sp³-hybridized carbons (Fsp3) is 0.125. The predicted octanol–water partition coefficient (Wildman–Crippen LogP) is 3.44. The number of hydrogen-bond acceptors (Lipinski definition) is 7. The van der Waals surface area contributed by atoms with E-state index >= 15 is 0 Å². The molecular formula is C16H13N5OS. The van der Waals surface area contributed by atoms with Gasteiger partial charge in [0.05, 0.1) is 17.6 Å². The molecular weight excluding hydrogens is 310 g/mol. The summed E-state index contributed by atoms with van der Waals surface area (Å²) in [6.45, 7) is 1.95. The molecule has 0 aliphatic heterocycles. The standard InChI is InChI=1S/C16H13N5OS/c1-10(23-16-20-8-12(7-17)14(18)21-16)15-19-9-13(22-15)11-5-3-2-4-6-11/h2-6,8-10H,1H3,(H2,18,20,21). The minimum Gasteiger partial charge on any atom is -0.440 e. The number of anilines is 1. The Hall–Kier alpha value is -2.85. The van der Waals surface area contributed by atoms with Gasteiger partial charge in [0, 0.05) is 5.56 Å². The molecule has 0 saturated heterocycles. The molecule has 1 atom stereocenters. The third-order valence-electron chi connectivity index (χ3n) is 3.13. The number of rotatable bonds is 4. The first-order chi connectivity index (χ1) is 11.2. The number of hydrogen-bond donors (Lipinski definition) is 1. The van der Waals surface area contributed by atoms with Crippen LogP contribution in [0.3, 0.4) is 0 Å². The molecule has 2 N–H and O–H groups in total. The summed E-state index contributed by atoms with van der Waals surface area (Å²) < 4.78 is 5.81. The van der Waals surface area contributed by atoms with Crippen LogP contribution in [0.1, 0.15) is 23.6 Å². The Kier molecular flexibility index (Phi) is 4.26. The molecule has 0 amide bonds. The number of nitrogens with two attached hydrogens (primary N) is 1. The van der Waals surface area contributed by atoms with Crippen LogP contribution >= 0.6 is 11.8 Å². The van der Waals surface area contributed by atoms with Crippen molar-refractivity contribution in [1.29, 1.82) is 5.26 Å². The van der Waals surface area contributed by atoms with E-state index in [0.29, 0.717) is 16.8 Å². The quantitative estimate of drug-likeness (QED) is 0.579. The van der Waals surface area contributed by atoms with Crippen molar-refractivity contribution in [1.82, 2.24) is 15.0 Å². The van der Waals surface area contributed by atoms with Gasteiger partial charge in [-0.1, -0.05) is 42.1 Å². The van der Waals surface area contributed by atoms with Crippen LogP contribution < -0.4 is 5.73 Å². The third-order valence-corrected chi connectivity index (χ3v) is 4.09. The van der Waals surface area contributed by atoms with Crippen LogP contribution in [0.25, 0.3) is 11.3 Å². The highest BCUT2D eigenvalue weighted by atomic mass is 32.2. The lowest BCUT2D eigenvalue weighted by molar-refractivity contribution is 0.510. The van der Waals surface area contributed by atoms with Gasteiger partial charge >= 0.3 is 0 Å². The van der Waals surface area contributed by atoms with Crippen LogP contribution in [0.4, 0.5) is 5.82 Å². The van der Waals surface area contributed by atoms with Gasteiger partial charge in [-0.3, -0.25) is 0 Å². The summed E-state index contributed by atoms with van der Waals surface area (Å²) in [5, 5.41) is 9.23. The SMILES string of the molecule is CC(Sc1ncc(C#N)c(N)n1)c1ncc(-c2ccccc2)o1. The molecule has 114 valence electrons. The number of oxazole rings is 1. The summed E-state index contributed by atoms with van der Waals surface area (Å²) in [4.78, 5) is 12.6. The normalized spacial score (nSPS) is 11.8. The Morgan fingerprint density at radius 2 is 2.00 bits per heavy atom. The van der Waals surface area contributed by atoms with Crippen molar-refractivity contribution in [2.75, 3.05) is 5.73 Å². The molecule has 7 heteroatoms. The molecule has 1 aromatic carbocycles. The maximum Gasteiger partial charge on any atom is 0.208 e. The predicted molar refractivity (Wildman–Crippen MR) is 87.4 cm³/mol. The average Bonchev–Trinajstić information content (AvgIpc) is 3.06. The van der Waals surface area contributed by atoms with Crippen molar-refractivity contribution in [3.63, 3.8) is 0 Å². The number of aromatic nitrogens is 3. The van der Waals surface area contributed by atoms with Gasteiger partial charge in [0.2, 0.25) is 5.89 Å². The largest absolute Gasteiger partial charge is 0.440 e. The molecule has 23 heavy (non-hydrogen) atoms. The third kappa shape index (κ3) is 3.33. The van der Waals surface area contributed by atoms with E-state index in [4.69, 9.17) is 15.4 Å². The molecule has 0 aliphatic carbocycles. The summed E-state index contributed by atoms with van der Waals surface area (Å²) in [5.41, 5.74) is 6.94. The van der Waals surface area contributed by atoms with Gasteiger partial charge in [0.1, 0.15) is 17.5 Å². The number of nitriles is 1. The van der Waals surface area contributed by atoms with Crippen LogP contribution in [0, 0.1) is 11.3 Å². The van der Waals surface area contributed by atoms with Gasteiger partial charge in [-0.25, -0.2) is 15.0 Å². The monoisotopic (exact) mass is 323 g/mol. The van der Waals surface area contributed by atoms with Gasteiger partial charge in [0.25, 0.3) is 0 Å². The highest BCUT2D eigenvalue weighted by Gasteiger charge is 2.17. The first-order valence-electron chi connectivity index (χ1n) is 6.88. The molecule has 3 rings (SSSR count). The van der Waals surface area contributed by atoms with Gasteiger partial charge in [-0.2, -0.15) is 5.26 Å². The van der Waals surface area contributed by atoms with Gasteiger partial charge < -0.3 is 10.2 Å². The van der Waals surface area contributed by atoms with E-state index in [2.05, 4.69) is 15.0 Å². The molecule has 0 aliphatic rings. The second kappa shape index (κ2) is 6.50. The summed E-state index contributed by atoms with van der Waals surface area (Å²) in [7, 11) is 0. The molecule has 0 saturated carbocycles. The van der Waals surface area contributed by atoms with E-state index in [9.17, 15) is 0 Å². The van der Waals surface area contributed by atoms with Gasteiger partial charge in [-0.05, 0) is 6.92 Å². The van der Waals surface area contributed by atoms with Gasteiger partial charge in [-0.15, -0.1) is 0 Å². The van der Waals surface area contributed by atoms with E-state index in [-0.39, 0.29) is 16.6 Å². The first-order valence-corrected chi connectivity index (χ1v) is 7.75. The minimum absolute atomic E-state index is 0.0835. The van der Waals surface area contributed by atoms with Crippen molar-refractivity contribution in [3.05, 3.63) is 54.2 Å². The molecule has 2 aromatic heterocycles. The number of thioether (sulfide) groups is 1. The summed E-state index contributed by atoms with van der Waals surface area (Å²) >= 11 is 1.37. The second-order valence-electron chi connectivity index (χ2n) is 4.75. The number of nitrogens with zero attached hydrogens (tertiary/aromatic N) is 4. The first kappa shape index (κ1) is 15.1.